The van der Waals surface area contributed by atoms with Gasteiger partial charge in [-0.3, -0.25) is 14.3 Å². The number of aromatic amines is 1. The molecule has 5 rings (SSSR count). The molecule has 0 aliphatic carbocycles. The van der Waals surface area contributed by atoms with Crippen LogP contribution >= 0.6 is 8.53 Å². The van der Waals surface area contributed by atoms with Gasteiger partial charge >= 0.3 is 5.69 Å². The third kappa shape index (κ3) is 9.36. The van der Waals surface area contributed by atoms with Crippen LogP contribution in [0.15, 0.2) is 114 Å². The minimum atomic E-state index is -1.81. The zero-order valence-electron chi connectivity index (χ0n) is 32.0. The van der Waals surface area contributed by atoms with Gasteiger partial charge in [0.05, 0.1) is 46.2 Å². The van der Waals surface area contributed by atoms with Gasteiger partial charge in [0.1, 0.15) is 29.3 Å². The molecule has 0 radical (unpaired) electrons. The molecule has 0 saturated carbocycles. The van der Waals surface area contributed by atoms with Crippen LogP contribution in [0.5, 0.6) is 11.5 Å². The number of H-pyrrole nitrogens is 1. The van der Waals surface area contributed by atoms with Crippen molar-refractivity contribution in [2.24, 2.45) is 0 Å². The summed E-state index contributed by atoms with van der Waals surface area (Å²) in [5, 5.41) is 9.35. The van der Waals surface area contributed by atoms with Crippen molar-refractivity contribution >= 4 is 8.53 Å². The minimum Gasteiger partial charge on any atom is -0.497 e. The molecule has 1 unspecified atom stereocenters. The highest BCUT2D eigenvalue weighted by Gasteiger charge is 2.52. The zero-order valence-corrected chi connectivity index (χ0v) is 32.9. The largest absolute Gasteiger partial charge is 0.497 e. The van der Waals surface area contributed by atoms with E-state index in [1.807, 2.05) is 107 Å². The molecule has 5 atom stereocenters. The molecule has 1 fully saturated rings. The lowest BCUT2D eigenvalue weighted by molar-refractivity contribution is -0.0949. The molecule has 1 aliphatic rings. The number of ether oxygens (including phenoxy) is 5. The molecule has 1 saturated heterocycles. The topological polar surface area (TPSA) is 146 Å². The van der Waals surface area contributed by atoms with E-state index in [9.17, 15) is 14.9 Å². The fourth-order valence-electron chi connectivity index (χ4n) is 6.76. The molecule has 0 bridgehead atoms. The maximum absolute atomic E-state index is 13.2. The standard InChI is InChI=1S/C41H49N4O9P/c1-8-50-38-37(54-55(52-26-12-24-42)45(28(2)3)29(4)5)35(53-39(38)44-25-23-36(46)43-40(44)47)27-51-41(30-13-10-9-11-14-30,31-15-19-33(48-6)20-16-31)32-17-21-34(49-7)22-18-32/h8-11,13-23,25,28-29,35,37-39H,1,12,26-27H2,2-7H3,(H,43,46,47)/t35-,37-,38-,39-,55?/m1/s1. The van der Waals surface area contributed by atoms with Crippen molar-refractivity contribution in [3.8, 4) is 17.6 Å². The summed E-state index contributed by atoms with van der Waals surface area (Å²) in [6.07, 6.45) is -1.03. The first-order valence-electron chi connectivity index (χ1n) is 18.0. The fourth-order valence-corrected chi connectivity index (χ4v) is 8.53. The van der Waals surface area contributed by atoms with Gasteiger partial charge in [-0.15, -0.1) is 0 Å². The molecule has 2 heterocycles. The molecular formula is C41H49N4O9P. The van der Waals surface area contributed by atoms with E-state index in [4.69, 9.17) is 32.7 Å². The van der Waals surface area contributed by atoms with Crippen LogP contribution in [0.2, 0.25) is 0 Å². The van der Waals surface area contributed by atoms with Gasteiger partial charge in [0.15, 0.2) is 12.3 Å². The quantitative estimate of drug-likeness (QED) is 0.0473. The Balaban J connectivity index is 1.66. The number of hydrogen-bond acceptors (Lipinski definition) is 11. The van der Waals surface area contributed by atoms with Crippen molar-refractivity contribution in [1.29, 1.82) is 5.26 Å². The van der Waals surface area contributed by atoms with Crippen LogP contribution in [-0.4, -0.2) is 72.1 Å². The molecule has 0 spiro atoms. The average Bonchev–Trinajstić information content (AvgIpc) is 3.51. The van der Waals surface area contributed by atoms with E-state index < -0.39 is 49.9 Å². The highest BCUT2D eigenvalue weighted by molar-refractivity contribution is 7.44. The van der Waals surface area contributed by atoms with Crippen molar-refractivity contribution in [2.75, 3.05) is 27.4 Å². The summed E-state index contributed by atoms with van der Waals surface area (Å²) in [6, 6.07) is 28.5. The molecule has 292 valence electrons. The summed E-state index contributed by atoms with van der Waals surface area (Å²) in [5.41, 5.74) is -0.00456. The first kappa shape index (κ1) is 41.4. The van der Waals surface area contributed by atoms with Gasteiger partial charge in [0.25, 0.3) is 14.1 Å². The fraction of sp³-hybridized carbons (Fsp3) is 0.390. The van der Waals surface area contributed by atoms with Gasteiger partial charge in [-0.2, -0.15) is 5.26 Å². The van der Waals surface area contributed by atoms with E-state index in [1.54, 1.807) is 14.2 Å². The second-order valence-corrected chi connectivity index (χ2v) is 14.7. The molecule has 0 amide bonds. The number of nitriles is 1. The van der Waals surface area contributed by atoms with Gasteiger partial charge in [-0.05, 0) is 68.7 Å². The van der Waals surface area contributed by atoms with Gasteiger partial charge in [0.2, 0.25) is 0 Å². The first-order chi connectivity index (χ1) is 26.6. The van der Waals surface area contributed by atoms with Crippen LogP contribution < -0.4 is 20.7 Å². The SMILES string of the molecule is C=CO[C@@H]1[C@H](OP(OCCC#N)N(C(C)C)C(C)C)[C@@H](COC(c2ccccc2)(c2ccc(OC)cc2)c2ccc(OC)cc2)O[C@H]1n1ccc(=O)[nH]c1=O. The van der Waals surface area contributed by atoms with E-state index in [-0.39, 0.29) is 31.7 Å². The van der Waals surface area contributed by atoms with Crippen LogP contribution in [-0.2, 0) is 28.9 Å². The van der Waals surface area contributed by atoms with Crippen LogP contribution in [0.1, 0.15) is 57.0 Å². The van der Waals surface area contributed by atoms with Crippen molar-refractivity contribution in [1.82, 2.24) is 14.2 Å². The number of hydrogen-bond donors (Lipinski definition) is 1. The minimum absolute atomic E-state index is 0.00233. The molecule has 14 heteroatoms. The predicted octanol–water partition coefficient (Wildman–Crippen LogP) is 6.65. The Morgan fingerprint density at radius 2 is 1.49 bits per heavy atom. The van der Waals surface area contributed by atoms with Gasteiger partial charge in [0, 0.05) is 24.3 Å². The van der Waals surface area contributed by atoms with Gasteiger partial charge in [-0.1, -0.05) is 61.2 Å². The normalized spacial score (nSPS) is 19.0. The van der Waals surface area contributed by atoms with E-state index in [0.717, 1.165) is 16.7 Å². The molecule has 4 aromatic rings. The third-order valence-corrected chi connectivity index (χ3v) is 11.3. The molecule has 1 N–H and O–H groups in total. The summed E-state index contributed by atoms with van der Waals surface area (Å²) in [7, 11) is 1.41. The summed E-state index contributed by atoms with van der Waals surface area (Å²) >= 11 is 0. The average molecular weight is 773 g/mol. The number of aromatic nitrogens is 2. The number of rotatable bonds is 19. The molecular weight excluding hydrogens is 723 g/mol. The Kier molecular flexibility index (Phi) is 14.4. The van der Waals surface area contributed by atoms with Gasteiger partial charge in [-0.25, -0.2) is 9.46 Å². The smallest absolute Gasteiger partial charge is 0.330 e. The summed E-state index contributed by atoms with van der Waals surface area (Å²) in [4.78, 5) is 27.7. The lowest BCUT2D eigenvalue weighted by atomic mass is 9.80. The predicted molar refractivity (Wildman–Crippen MR) is 209 cm³/mol. The second kappa shape index (κ2) is 19.2. The number of nitrogens with zero attached hydrogens (tertiary/aromatic N) is 3. The van der Waals surface area contributed by atoms with E-state index >= 15 is 0 Å². The highest BCUT2D eigenvalue weighted by Crippen LogP contribution is 2.51. The molecule has 13 nitrogen and oxygen atoms in total. The molecule has 3 aromatic carbocycles. The lowest BCUT2D eigenvalue weighted by Crippen LogP contribution is -2.43. The monoisotopic (exact) mass is 772 g/mol. The summed E-state index contributed by atoms with van der Waals surface area (Å²) in [6.45, 7) is 12.0. The molecule has 1 aromatic heterocycles. The maximum atomic E-state index is 13.2. The van der Waals surface area contributed by atoms with E-state index in [0.29, 0.717) is 11.5 Å². The number of nitrogens with one attached hydrogen (secondary N) is 1. The highest BCUT2D eigenvalue weighted by atomic mass is 31.2. The number of benzene rings is 3. The first-order valence-corrected chi connectivity index (χ1v) is 19.2. The summed E-state index contributed by atoms with van der Waals surface area (Å²) in [5.74, 6) is 1.35. The van der Waals surface area contributed by atoms with Crippen LogP contribution in [0.3, 0.4) is 0 Å². The van der Waals surface area contributed by atoms with E-state index in [1.165, 1.54) is 23.1 Å². The Bertz CT molecular complexity index is 1920. The van der Waals surface area contributed by atoms with Crippen molar-refractivity contribution < 1.29 is 32.7 Å². The second-order valence-electron chi connectivity index (χ2n) is 13.3. The molecule has 55 heavy (non-hydrogen) atoms. The van der Waals surface area contributed by atoms with Gasteiger partial charge < -0.3 is 32.7 Å². The molecule has 1 aliphatic heterocycles. The van der Waals surface area contributed by atoms with Crippen LogP contribution in [0, 0.1) is 11.3 Å². The Labute approximate surface area is 322 Å². The van der Waals surface area contributed by atoms with Crippen molar-refractivity contribution in [3.05, 3.63) is 141 Å². The number of methoxy groups -OCH3 is 2. The van der Waals surface area contributed by atoms with E-state index in [2.05, 4.69) is 22.3 Å². The lowest BCUT2D eigenvalue weighted by Gasteiger charge is -2.39. The van der Waals surface area contributed by atoms with Crippen molar-refractivity contribution in [2.45, 2.75) is 76.3 Å². The Morgan fingerprint density at radius 3 is 2.00 bits per heavy atom. The Morgan fingerprint density at radius 1 is 0.909 bits per heavy atom. The third-order valence-electron chi connectivity index (χ3n) is 9.18. The maximum Gasteiger partial charge on any atom is 0.330 e. The van der Waals surface area contributed by atoms with Crippen LogP contribution in [0.25, 0.3) is 0 Å². The zero-order chi connectivity index (χ0) is 39.5. The summed E-state index contributed by atoms with van der Waals surface area (Å²) < 4.78 is 47.7. The van der Waals surface area contributed by atoms with Crippen molar-refractivity contribution in [3.63, 3.8) is 0 Å². The van der Waals surface area contributed by atoms with Crippen LogP contribution in [0.4, 0.5) is 0 Å². The Hall–Kier alpha value is -4.80.